The number of thioether (sulfide) groups is 1. The molecule has 0 fully saturated rings. The van der Waals surface area contributed by atoms with E-state index in [2.05, 4.69) is 15.5 Å². The van der Waals surface area contributed by atoms with E-state index in [-0.39, 0.29) is 24.2 Å². The number of carbonyl (C=O) groups excluding carboxylic acids is 2. The van der Waals surface area contributed by atoms with Crippen molar-refractivity contribution in [1.29, 1.82) is 0 Å². The van der Waals surface area contributed by atoms with E-state index in [1.807, 2.05) is 41.9 Å². The lowest BCUT2D eigenvalue weighted by Crippen LogP contribution is -2.17. The minimum atomic E-state index is -0.369. The fraction of sp³-hybridized carbons (Fsp3) is 0.364. The number of hydrogen-bond donors (Lipinski definition) is 1. The van der Waals surface area contributed by atoms with Crippen molar-refractivity contribution in [1.82, 2.24) is 14.8 Å². The van der Waals surface area contributed by atoms with Gasteiger partial charge in [0.15, 0.2) is 11.0 Å². The zero-order chi connectivity index (χ0) is 22.5. The fourth-order valence-electron chi connectivity index (χ4n) is 3.47. The van der Waals surface area contributed by atoms with E-state index in [0.717, 1.165) is 35.5 Å². The first-order chi connectivity index (χ1) is 15.6. The van der Waals surface area contributed by atoms with Crippen LogP contribution in [0.5, 0.6) is 5.75 Å². The average molecular weight is 473 g/mol. The summed E-state index contributed by atoms with van der Waals surface area (Å²) >= 11 is 2.76. The van der Waals surface area contributed by atoms with E-state index in [1.165, 1.54) is 23.1 Å². The van der Waals surface area contributed by atoms with E-state index in [9.17, 15) is 9.59 Å². The Morgan fingerprint density at radius 1 is 1.22 bits per heavy atom. The summed E-state index contributed by atoms with van der Waals surface area (Å²) in [7, 11) is 1.84. The number of benzene rings is 1. The summed E-state index contributed by atoms with van der Waals surface area (Å²) in [6.07, 6.45) is 2.81. The van der Waals surface area contributed by atoms with Crippen molar-refractivity contribution in [3.8, 4) is 5.75 Å². The molecule has 0 saturated heterocycles. The molecule has 168 valence electrons. The summed E-state index contributed by atoms with van der Waals surface area (Å²) < 4.78 is 12.7. The molecule has 10 heteroatoms. The second-order valence-corrected chi connectivity index (χ2v) is 9.23. The Hall–Kier alpha value is -2.85. The van der Waals surface area contributed by atoms with Gasteiger partial charge in [0.1, 0.15) is 17.4 Å². The predicted molar refractivity (Wildman–Crippen MR) is 123 cm³/mol. The first-order valence-electron chi connectivity index (χ1n) is 10.4. The normalized spacial score (nSPS) is 12.4. The van der Waals surface area contributed by atoms with Crippen LogP contribution in [0, 0.1) is 0 Å². The molecule has 1 amide bonds. The van der Waals surface area contributed by atoms with Crippen molar-refractivity contribution in [2.45, 2.75) is 37.9 Å². The average Bonchev–Trinajstić information content (AvgIpc) is 3.46. The third-order valence-corrected chi connectivity index (χ3v) is 7.25. The van der Waals surface area contributed by atoms with E-state index < -0.39 is 0 Å². The molecule has 0 spiro atoms. The number of esters is 1. The second-order valence-electron chi connectivity index (χ2n) is 7.18. The highest BCUT2D eigenvalue weighted by Crippen LogP contribution is 2.39. The number of hydrogen-bond acceptors (Lipinski definition) is 8. The molecular weight excluding hydrogens is 448 g/mol. The number of nitrogens with one attached hydrogen (secondary N) is 1. The van der Waals surface area contributed by atoms with Crippen LogP contribution in [-0.2, 0) is 36.0 Å². The summed E-state index contributed by atoms with van der Waals surface area (Å²) in [5.74, 6) is 0.994. The van der Waals surface area contributed by atoms with E-state index in [0.29, 0.717) is 28.2 Å². The predicted octanol–water partition coefficient (Wildman–Crippen LogP) is 3.85. The van der Waals surface area contributed by atoms with E-state index >= 15 is 0 Å². The van der Waals surface area contributed by atoms with Crippen LogP contribution in [0.4, 0.5) is 5.00 Å². The molecule has 0 saturated carbocycles. The number of nitrogens with zero attached hydrogens (tertiary/aromatic N) is 3. The molecule has 8 nitrogen and oxygen atoms in total. The number of aryl methyl sites for hydroxylation is 1. The van der Waals surface area contributed by atoms with Gasteiger partial charge >= 0.3 is 5.97 Å². The van der Waals surface area contributed by atoms with Crippen LogP contribution >= 0.6 is 23.1 Å². The molecule has 0 radical (unpaired) electrons. The van der Waals surface area contributed by atoms with Gasteiger partial charge in [-0.1, -0.05) is 30.0 Å². The number of carbonyl (C=O) groups is 2. The van der Waals surface area contributed by atoms with Gasteiger partial charge in [0.05, 0.1) is 17.9 Å². The molecule has 1 aliphatic carbocycles. The number of amides is 1. The molecule has 0 bridgehead atoms. The van der Waals surface area contributed by atoms with Crippen molar-refractivity contribution in [2.24, 2.45) is 7.05 Å². The Morgan fingerprint density at radius 3 is 2.81 bits per heavy atom. The van der Waals surface area contributed by atoms with Gasteiger partial charge in [-0.2, -0.15) is 0 Å². The summed E-state index contributed by atoms with van der Waals surface area (Å²) in [6, 6.07) is 9.49. The molecule has 4 rings (SSSR count). The highest BCUT2D eigenvalue weighted by Gasteiger charge is 2.28. The number of aromatic nitrogens is 3. The van der Waals surface area contributed by atoms with Gasteiger partial charge in [-0.05, 0) is 43.9 Å². The summed E-state index contributed by atoms with van der Waals surface area (Å²) in [5, 5.41) is 12.4. The number of ether oxygens (including phenoxy) is 2. The first-order valence-corrected chi connectivity index (χ1v) is 12.2. The number of rotatable bonds is 9. The molecule has 1 aliphatic rings. The van der Waals surface area contributed by atoms with Crippen molar-refractivity contribution >= 4 is 40.0 Å². The molecule has 3 aromatic rings. The molecule has 2 aromatic heterocycles. The van der Waals surface area contributed by atoms with Crippen molar-refractivity contribution < 1.29 is 19.1 Å². The largest absolute Gasteiger partial charge is 0.486 e. The number of thiophene rings is 1. The van der Waals surface area contributed by atoms with Crippen molar-refractivity contribution in [3.63, 3.8) is 0 Å². The molecule has 0 unspecified atom stereocenters. The summed E-state index contributed by atoms with van der Waals surface area (Å²) in [6.45, 7) is 2.36. The maximum Gasteiger partial charge on any atom is 0.341 e. The Balaban J connectivity index is 1.36. The third kappa shape index (κ3) is 4.97. The Bertz CT molecular complexity index is 1110. The molecule has 32 heavy (non-hydrogen) atoms. The Kier molecular flexibility index (Phi) is 7.11. The second kappa shape index (κ2) is 10.2. The van der Waals surface area contributed by atoms with Crippen LogP contribution in [-0.4, -0.2) is 39.0 Å². The van der Waals surface area contributed by atoms with Crippen LogP contribution in [0.2, 0.25) is 0 Å². The van der Waals surface area contributed by atoms with Crippen LogP contribution in [0.15, 0.2) is 35.5 Å². The fourth-order valence-corrected chi connectivity index (χ4v) is 5.49. The SMILES string of the molecule is CCOC(=O)c1c(NC(=O)CSc2nnc(COc3ccccc3)n2C)sc2c1CCC2. The van der Waals surface area contributed by atoms with Crippen molar-refractivity contribution in [3.05, 3.63) is 52.2 Å². The molecule has 0 aliphatic heterocycles. The molecule has 2 heterocycles. The molecule has 1 N–H and O–H groups in total. The maximum absolute atomic E-state index is 12.6. The first kappa shape index (κ1) is 22.3. The minimum Gasteiger partial charge on any atom is -0.486 e. The van der Waals surface area contributed by atoms with E-state index in [4.69, 9.17) is 9.47 Å². The summed E-state index contributed by atoms with van der Waals surface area (Å²) in [5.41, 5.74) is 1.54. The van der Waals surface area contributed by atoms with Gasteiger partial charge < -0.3 is 19.4 Å². The van der Waals surface area contributed by atoms with Crippen LogP contribution < -0.4 is 10.1 Å². The van der Waals surface area contributed by atoms with Gasteiger partial charge in [0.25, 0.3) is 0 Å². The van der Waals surface area contributed by atoms with Crippen molar-refractivity contribution in [2.75, 3.05) is 17.7 Å². The molecule has 0 atom stereocenters. The van der Waals surface area contributed by atoms with Crippen LogP contribution in [0.25, 0.3) is 0 Å². The lowest BCUT2D eigenvalue weighted by molar-refractivity contribution is -0.113. The standard InChI is InChI=1S/C22H24N4O4S2/c1-3-29-21(28)19-15-10-7-11-16(15)32-20(19)23-18(27)13-31-22-25-24-17(26(22)2)12-30-14-8-5-4-6-9-14/h4-6,8-9H,3,7,10-13H2,1-2H3,(H,23,27). The van der Waals surface area contributed by atoms with Gasteiger partial charge in [-0.3, -0.25) is 4.79 Å². The summed E-state index contributed by atoms with van der Waals surface area (Å²) in [4.78, 5) is 26.2. The van der Waals surface area contributed by atoms with E-state index in [1.54, 1.807) is 6.92 Å². The third-order valence-electron chi connectivity index (χ3n) is 5.02. The molecular formula is C22H24N4O4S2. The zero-order valence-electron chi connectivity index (χ0n) is 17.9. The zero-order valence-corrected chi connectivity index (χ0v) is 19.6. The topological polar surface area (TPSA) is 95.3 Å². The Morgan fingerprint density at radius 2 is 2.03 bits per heavy atom. The smallest absolute Gasteiger partial charge is 0.341 e. The van der Waals surface area contributed by atoms with Gasteiger partial charge in [-0.25, -0.2) is 4.79 Å². The van der Waals surface area contributed by atoms with Crippen LogP contribution in [0.1, 0.15) is 40.0 Å². The monoisotopic (exact) mass is 472 g/mol. The minimum absolute atomic E-state index is 0.149. The lowest BCUT2D eigenvalue weighted by Gasteiger charge is -2.08. The Labute approximate surface area is 194 Å². The quantitative estimate of drug-likeness (QED) is 0.373. The lowest BCUT2D eigenvalue weighted by atomic mass is 10.1. The van der Waals surface area contributed by atoms with Gasteiger partial charge in [0, 0.05) is 11.9 Å². The molecule has 1 aromatic carbocycles. The highest BCUT2D eigenvalue weighted by atomic mass is 32.2. The van der Waals surface area contributed by atoms with Gasteiger partial charge in [-0.15, -0.1) is 21.5 Å². The number of fused-ring (bicyclic) bond motifs is 1. The number of anilines is 1. The maximum atomic E-state index is 12.6. The number of para-hydroxylation sites is 1. The highest BCUT2D eigenvalue weighted by molar-refractivity contribution is 7.99. The van der Waals surface area contributed by atoms with Crippen LogP contribution in [0.3, 0.4) is 0 Å². The van der Waals surface area contributed by atoms with Gasteiger partial charge in [0.2, 0.25) is 5.91 Å².